The van der Waals surface area contributed by atoms with Crippen LogP contribution in [0.15, 0.2) is 47.6 Å². The van der Waals surface area contributed by atoms with Crippen molar-refractivity contribution in [2.45, 2.75) is 13.8 Å². The van der Waals surface area contributed by atoms with Crippen molar-refractivity contribution >= 4 is 17.8 Å². The molecule has 0 aliphatic heterocycles. The maximum Gasteiger partial charge on any atom is 0.271 e. The molecule has 6 heteroatoms. The van der Waals surface area contributed by atoms with Crippen molar-refractivity contribution < 1.29 is 14.3 Å². The summed E-state index contributed by atoms with van der Waals surface area (Å²) in [4.78, 5) is 14.5. The minimum Gasteiger partial charge on any atom is -0.493 e. The number of ether oxygens (including phenoxy) is 2. The van der Waals surface area contributed by atoms with Gasteiger partial charge in [0, 0.05) is 29.9 Å². The Morgan fingerprint density at radius 1 is 1.08 bits per heavy atom. The number of rotatable bonds is 8. The molecule has 138 valence electrons. The van der Waals surface area contributed by atoms with Crippen LogP contribution >= 0.6 is 0 Å². The van der Waals surface area contributed by atoms with Crippen LogP contribution in [0.1, 0.15) is 29.8 Å². The summed E-state index contributed by atoms with van der Waals surface area (Å²) in [6.45, 7) is 6.06. The third-order valence-electron chi connectivity index (χ3n) is 4.06. The number of benzene rings is 2. The molecule has 0 aliphatic rings. The summed E-state index contributed by atoms with van der Waals surface area (Å²) in [7, 11) is 3.13. The van der Waals surface area contributed by atoms with E-state index in [1.54, 1.807) is 32.4 Å². The summed E-state index contributed by atoms with van der Waals surface area (Å²) in [6.07, 6.45) is 1.53. The Hall–Kier alpha value is -3.02. The topological polar surface area (TPSA) is 63.2 Å². The number of nitrogens with one attached hydrogen (secondary N) is 1. The predicted molar refractivity (Wildman–Crippen MR) is 105 cm³/mol. The lowest BCUT2D eigenvalue weighted by Crippen LogP contribution is -2.22. The van der Waals surface area contributed by atoms with Gasteiger partial charge >= 0.3 is 0 Å². The van der Waals surface area contributed by atoms with Crippen LogP contribution in [0.4, 0.5) is 5.69 Å². The molecule has 0 bridgehead atoms. The van der Waals surface area contributed by atoms with Crippen molar-refractivity contribution in [3.63, 3.8) is 0 Å². The third kappa shape index (κ3) is 4.53. The van der Waals surface area contributed by atoms with Crippen LogP contribution in [0.5, 0.6) is 11.5 Å². The molecule has 0 radical (unpaired) electrons. The third-order valence-corrected chi connectivity index (χ3v) is 4.06. The Labute approximate surface area is 154 Å². The van der Waals surface area contributed by atoms with Crippen molar-refractivity contribution in [1.29, 1.82) is 0 Å². The van der Waals surface area contributed by atoms with Crippen LogP contribution in [0.2, 0.25) is 0 Å². The molecule has 0 fully saturated rings. The summed E-state index contributed by atoms with van der Waals surface area (Å²) < 4.78 is 10.6. The van der Waals surface area contributed by atoms with Crippen LogP contribution in [0.3, 0.4) is 0 Å². The fourth-order valence-electron chi connectivity index (χ4n) is 2.65. The summed E-state index contributed by atoms with van der Waals surface area (Å²) in [5.74, 6) is 0.903. The Kier molecular flexibility index (Phi) is 7.02. The van der Waals surface area contributed by atoms with Gasteiger partial charge in [-0.2, -0.15) is 5.10 Å². The number of methoxy groups -OCH3 is 2. The van der Waals surface area contributed by atoms with Crippen LogP contribution in [0.25, 0.3) is 0 Å². The molecule has 0 atom stereocenters. The average molecular weight is 355 g/mol. The zero-order valence-corrected chi connectivity index (χ0v) is 15.7. The van der Waals surface area contributed by atoms with Gasteiger partial charge in [0.2, 0.25) is 0 Å². The molecule has 0 aromatic heterocycles. The highest BCUT2D eigenvalue weighted by Gasteiger charge is 2.09. The molecule has 2 aromatic rings. The van der Waals surface area contributed by atoms with E-state index >= 15 is 0 Å². The van der Waals surface area contributed by atoms with Gasteiger partial charge < -0.3 is 14.4 Å². The number of carbonyl (C=O) groups is 1. The van der Waals surface area contributed by atoms with Crippen molar-refractivity contribution in [2.24, 2.45) is 5.10 Å². The zero-order valence-electron chi connectivity index (χ0n) is 15.7. The number of hydrazone groups is 1. The predicted octanol–water partition coefficient (Wildman–Crippen LogP) is 3.31. The lowest BCUT2D eigenvalue weighted by atomic mass is 10.2. The lowest BCUT2D eigenvalue weighted by molar-refractivity contribution is 0.0955. The van der Waals surface area contributed by atoms with Crippen molar-refractivity contribution in [3.05, 3.63) is 53.6 Å². The Balaban J connectivity index is 2.06. The normalized spacial score (nSPS) is 10.6. The molecule has 26 heavy (non-hydrogen) atoms. The van der Waals surface area contributed by atoms with E-state index in [-0.39, 0.29) is 5.91 Å². The number of hydrogen-bond donors (Lipinski definition) is 1. The molecular weight excluding hydrogens is 330 g/mol. The van der Waals surface area contributed by atoms with E-state index in [2.05, 4.69) is 29.3 Å². The fourth-order valence-corrected chi connectivity index (χ4v) is 2.65. The fraction of sp³-hybridized carbons (Fsp3) is 0.300. The minimum absolute atomic E-state index is 0.269. The summed E-state index contributed by atoms with van der Waals surface area (Å²) in [6, 6.07) is 12.9. The lowest BCUT2D eigenvalue weighted by Gasteiger charge is -2.20. The van der Waals surface area contributed by atoms with E-state index < -0.39 is 0 Å². The maximum atomic E-state index is 12.2. The van der Waals surface area contributed by atoms with Crippen LogP contribution < -0.4 is 19.8 Å². The van der Waals surface area contributed by atoms with E-state index in [0.717, 1.165) is 18.8 Å². The molecule has 0 spiro atoms. The van der Waals surface area contributed by atoms with Crippen molar-refractivity contribution in [2.75, 3.05) is 32.2 Å². The van der Waals surface area contributed by atoms with Gasteiger partial charge in [0.05, 0.1) is 20.4 Å². The first-order valence-electron chi connectivity index (χ1n) is 8.54. The highest BCUT2D eigenvalue weighted by molar-refractivity contribution is 5.95. The standard InChI is InChI=1S/C20H25N3O3/c1-5-23(6-2)17-12-10-15(11-13-17)20(24)22-21-14-16-8-7-9-18(25-3)19(16)26-4/h7-14H,5-6H2,1-4H3,(H,22,24)/b21-14-. The molecule has 0 unspecified atom stereocenters. The number of amides is 1. The second-order valence-corrected chi connectivity index (χ2v) is 5.50. The van der Waals surface area contributed by atoms with Gasteiger partial charge in [0.25, 0.3) is 5.91 Å². The van der Waals surface area contributed by atoms with Gasteiger partial charge in [-0.3, -0.25) is 4.79 Å². The molecule has 0 saturated heterocycles. The highest BCUT2D eigenvalue weighted by atomic mass is 16.5. The van der Waals surface area contributed by atoms with Crippen molar-refractivity contribution in [3.8, 4) is 11.5 Å². The molecule has 1 N–H and O–H groups in total. The van der Waals surface area contributed by atoms with E-state index in [0.29, 0.717) is 22.6 Å². The number of anilines is 1. The van der Waals surface area contributed by atoms with E-state index in [1.165, 1.54) is 6.21 Å². The molecule has 0 heterocycles. The van der Waals surface area contributed by atoms with Crippen LogP contribution in [-0.2, 0) is 0 Å². The van der Waals surface area contributed by atoms with Gasteiger partial charge in [-0.1, -0.05) is 6.07 Å². The number of carbonyl (C=O) groups excluding carboxylic acids is 1. The summed E-state index contributed by atoms with van der Waals surface area (Å²) in [5, 5.41) is 4.02. The number of para-hydroxylation sites is 1. The zero-order chi connectivity index (χ0) is 18.9. The van der Waals surface area contributed by atoms with E-state index in [4.69, 9.17) is 9.47 Å². The van der Waals surface area contributed by atoms with Crippen molar-refractivity contribution in [1.82, 2.24) is 5.43 Å². The molecule has 0 aliphatic carbocycles. The second kappa shape index (κ2) is 9.46. The van der Waals surface area contributed by atoms with Gasteiger partial charge in [-0.05, 0) is 50.2 Å². The molecule has 6 nitrogen and oxygen atoms in total. The smallest absolute Gasteiger partial charge is 0.271 e. The molecular formula is C20H25N3O3. The van der Waals surface area contributed by atoms with Gasteiger partial charge in [-0.25, -0.2) is 5.43 Å². The average Bonchev–Trinajstić information content (AvgIpc) is 2.69. The Bertz CT molecular complexity index is 753. The van der Waals surface area contributed by atoms with Gasteiger partial charge in [-0.15, -0.1) is 0 Å². The van der Waals surface area contributed by atoms with E-state index in [9.17, 15) is 4.79 Å². The monoisotopic (exact) mass is 355 g/mol. The van der Waals surface area contributed by atoms with E-state index in [1.807, 2.05) is 24.3 Å². The molecule has 2 rings (SSSR count). The summed E-state index contributed by atoms with van der Waals surface area (Å²) in [5.41, 5.74) is 4.89. The first-order valence-corrected chi connectivity index (χ1v) is 8.54. The largest absolute Gasteiger partial charge is 0.493 e. The molecule has 0 saturated carbocycles. The van der Waals surface area contributed by atoms with Crippen LogP contribution in [0, 0.1) is 0 Å². The maximum absolute atomic E-state index is 12.2. The Morgan fingerprint density at radius 3 is 2.35 bits per heavy atom. The minimum atomic E-state index is -0.269. The first kappa shape index (κ1) is 19.3. The molecule has 1 amide bonds. The quantitative estimate of drug-likeness (QED) is 0.583. The van der Waals surface area contributed by atoms with Gasteiger partial charge in [0.1, 0.15) is 0 Å². The SMILES string of the molecule is CCN(CC)c1ccc(C(=O)N/N=C\c2cccc(OC)c2OC)cc1. The first-order chi connectivity index (χ1) is 12.6. The van der Waals surface area contributed by atoms with Crippen LogP contribution in [-0.4, -0.2) is 39.4 Å². The second-order valence-electron chi connectivity index (χ2n) is 5.50. The molecule has 2 aromatic carbocycles. The Morgan fingerprint density at radius 2 is 1.77 bits per heavy atom. The highest BCUT2D eigenvalue weighted by Crippen LogP contribution is 2.29. The van der Waals surface area contributed by atoms with Gasteiger partial charge in [0.15, 0.2) is 11.5 Å². The summed E-state index contributed by atoms with van der Waals surface area (Å²) >= 11 is 0. The number of hydrogen-bond acceptors (Lipinski definition) is 5. The number of nitrogens with zero attached hydrogens (tertiary/aromatic N) is 2.